The molecule has 0 radical (unpaired) electrons. The Hall–Kier alpha value is -2.09. The van der Waals surface area contributed by atoms with Crippen molar-refractivity contribution in [3.05, 3.63) is 17.6 Å². The highest BCUT2D eigenvalue weighted by molar-refractivity contribution is 5.92. The molecular weight excluding hydrogens is 206 g/mol. The second-order valence-corrected chi connectivity index (χ2v) is 3.09. The maximum absolute atomic E-state index is 10.9. The van der Waals surface area contributed by atoms with Crippen LogP contribution in [0.15, 0.2) is 6.20 Å². The summed E-state index contributed by atoms with van der Waals surface area (Å²) in [5, 5.41) is 11.8. The fourth-order valence-corrected chi connectivity index (χ4v) is 1.13. The van der Waals surface area contributed by atoms with Gasteiger partial charge >= 0.3 is 5.97 Å². The zero-order chi connectivity index (χ0) is 12.0. The van der Waals surface area contributed by atoms with Crippen LogP contribution in [0.1, 0.15) is 29.5 Å². The van der Waals surface area contributed by atoms with Crippen LogP contribution in [-0.4, -0.2) is 27.6 Å². The van der Waals surface area contributed by atoms with E-state index < -0.39 is 5.97 Å². The van der Waals surface area contributed by atoms with Crippen molar-refractivity contribution in [2.45, 2.75) is 20.3 Å². The molecule has 0 aliphatic rings. The maximum Gasteiger partial charge on any atom is 0.341 e. The lowest BCUT2D eigenvalue weighted by molar-refractivity contribution is 0.0697. The SMILES string of the molecule is CC#CCCNc1nc(C)ncc1C(=O)O. The molecule has 84 valence electrons. The van der Waals surface area contributed by atoms with E-state index in [0.29, 0.717) is 24.6 Å². The summed E-state index contributed by atoms with van der Waals surface area (Å²) in [6.45, 7) is 4.04. The van der Waals surface area contributed by atoms with Crippen molar-refractivity contribution >= 4 is 11.8 Å². The number of nitrogens with one attached hydrogen (secondary N) is 1. The third kappa shape index (κ3) is 3.24. The molecule has 0 bridgehead atoms. The molecule has 16 heavy (non-hydrogen) atoms. The van der Waals surface area contributed by atoms with Crippen molar-refractivity contribution in [2.75, 3.05) is 11.9 Å². The van der Waals surface area contributed by atoms with Gasteiger partial charge in [0.1, 0.15) is 17.2 Å². The summed E-state index contributed by atoms with van der Waals surface area (Å²) in [6, 6.07) is 0. The van der Waals surface area contributed by atoms with E-state index in [-0.39, 0.29) is 5.56 Å². The highest BCUT2D eigenvalue weighted by Crippen LogP contribution is 2.11. The van der Waals surface area contributed by atoms with Crippen molar-refractivity contribution in [3.63, 3.8) is 0 Å². The summed E-state index contributed by atoms with van der Waals surface area (Å²) in [5.41, 5.74) is 0.0788. The van der Waals surface area contributed by atoms with Crippen LogP contribution < -0.4 is 5.32 Å². The van der Waals surface area contributed by atoms with Crippen molar-refractivity contribution in [3.8, 4) is 11.8 Å². The first-order valence-electron chi connectivity index (χ1n) is 4.85. The van der Waals surface area contributed by atoms with E-state index in [0.717, 1.165) is 0 Å². The molecule has 0 spiro atoms. The van der Waals surface area contributed by atoms with Crippen LogP contribution in [0.2, 0.25) is 0 Å². The van der Waals surface area contributed by atoms with Crippen LogP contribution >= 0.6 is 0 Å². The molecule has 1 rings (SSSR count). The predicted octanol–water partition coefficient (Wildman–Crippen LogP) is 1.31. The zero-order valence-corrected chi connectivity index (χ0v) is 9.24. The summed E-state index contributed by atoms with van der Waals surface area (Å²) in [7, 11) is 0. The largest absolute Gasteiger partial charge is 0.477 e. The number of aromatic nitrogens is 2. The number of carboxylic acid groups (broad SMARTS) is 1. The first-order chi connectivity index (χ1) is 7.65. The molecule has 0 aliphatic heterocycles. The molecule has 1 aromatic rings. The first-order valence-corrected chi connectivity index (χ1v) is 4.85. The number of rotatable bonds is 4. The van der Waals surface area contributed by atoms with Gasteiger partial charge in [-0.3, -0.25) is 0 Å². The Labute approximate surface area is 93.9 Å². The van der Waals surface area contributed by atoms with Crippen molar-refractivity contribution in [1.82, 2.24) is 9.97 Å². The van der Waals surface area contributed by atoms with E-state index in [9.17, 15) is 4.79 Å². The third-order valence-electron chi connectivity index (χ3n) is 1.86. The topological polar surface area (TPSA) is 75.1 Å². The fraction of sp³-hybridized carbons (Fsp3) is 0.364. The van der Waals surface area contributed by atoms with Gasteiger partial charge in [0, 0.05) is 19.2 Å². The molecule has 0 atom stereocenters. The van der Waals surface area contributed by atoms with E-state index in [1.54, 1.807) is 13.8 Å². The lowest BCUT2D eigenvalue weighted by Gasteiger charge is -2.06. The molecule has 5 heteroatoms. The summed E-state index contributed by atoms with van der Waals surface area (Å²) >= 11 is 0. The highest BCUT2D eigenvalue weighted by Gasteiger charge is 2.11. The van der Waals surface area contributed by atoms with Gasteiger partial charge in [0.05, 0.1) is 0 Å². The monoisotopic (exact) mass is 219 g/mol. The van der Waals surface area contributed by atoms with Gasteiger partial charge in [0.25, 0.3) is 0 Å². The molecule has 0 aliphatic carbocycles. The van der Waals surface area contributed by atoms with E-state index >= 15 is 0 Å². The van der Waals surface area contributed by atoms with E-state index in [2.05, 4.69) is 27.1 Å². The number of aromatic carboxylic acids is 1. The van der Waals surface area contributed by atoms with Gasteiger partial charge in [-0.05, 0) is 13.8 Å². The summed E-state index contributed by atoms with van der Waals surface area (Å²) in [6.07, 6.45) is 1.96. The second kappa shape index (κ2) is 5.71. The Bertz CT molecular complexity index is 446. The first kappa shape index (κ1) is 12.0. The minimum atomic E-state index is -1.04. The van der Waals surface area contributed by atoms with Crippen molar-refractivity contribution in [2.24, 2.45) is 0 Å². The van der Waals surface area contributed by atoms with Gasteiger partial charge in [-0.2, -0.15) is 0 Å². The maximum atomic E-state index is 10.9. The van der Waals surface area contributed by atoms with Crippen LogP contribution in [0.4, 0.5) is 5.82 Å². The van der Waals surface area contributed by atoms with Crippen LogP contribution in [-0.2, 0) is 0 Å². The summed E-state index contributed by atoms with van der Waals surface area (Å²) < 4.78 is 0. The van der Waals surface area contributed by atoms with Crippen LogP contribution in [0.5, 0.6) is 0 Å². The molecule has 2 N–H and O–H groups in total. The van der Waals surface area contributed by atoms with Crippen LogP contribution in [0, 0.1) is 18.8 Å². The second-order valence-electron chi connectivity index (χ2n) is 3.09. The smallest absolute Gasteiger partial charge is 0.341 e. The predicted molar refractivity (Wildman–Crippen MR) is 60.3 cm³/mol. The van der Waals surface area contributed by atoms with Gasteiger partial charge in [-0.15, -0.1) is 11.8 Å². The zero-order valence-electron chi connectivity index (χ0n) is 9.24. The van der Waals surface area contributed by atoms with Crippen LogP contribution in [0.3, 0.4) is 0 Å². The van der Waals surface area contributed by atoms with Gasteiger partial charge in [0.15, 0.2) is 0 Å². The minimum Gasteiger partial charge on any atom is -0.477 e. The standard InChI is InChI=1S/C11H13N3O2/c1-3-4-5-6-12-10-9(11(15)16)7-13-8(2)14-10/h7H,5-6H2,1-2H3,(H,15,16)(H,12,13,14). The van der Waals surface area contributed by atoms with Gasteiger partial charge in [0.2, 0.25) is 0 Å². The van der Waals surface area contributed by atoms with E-state index in [4.69, 9.17) is 5.11 Å². The molecular formula is C11H13N3O2. The molecule has 0 saturated carbocycles. The van der Waals surface area contributed by atoms with Crippen LogP contribution in [0.25, 0.3) is 0 Å². The van der Waals surface area contributed by atoms with Crippen molar-refractivity contribution < 1.29 is 9.90 Å². The Morgan fingerprint density at radius 1 is 1.62 bits per heavy atom. The van der Waals surface area contributed by atoms with E-state index in [1.165, 1.54) is 6.20 Å². The number of carbonyl (C=O) groups is 1. The molecule has 1 aromatic heterocycles. The number of nitrogens with zero attached hydrogens (tertiary/aromatic N) is 2. The van der Waals surface area contributed by atoms with Gasteiger partial charge in [-0.25, -0.2) is 14.8 Å². The fourth-order valence-electron chi connectivity index (χ4n) is 1.13. The Balaban J connectivity index is 2.78. The van der Waals surface area contributed by atoms with Crippen molar-refractivity contribution in [1.29, 1.82) is 0 Å². The molecule has 5 nitrogen and oxygen atoms in total. The quantitative estimate of drug-likeness (QED) is 0.590. The summed E-state index contributed by atoms with van der Waals surface area (Å²) in [5.74, 6) is 5.49. The number of anilines is 1. The number of aryl methyl sites for hydroxylation is 1. The molecule has 0 fully saturated rings. The number of hydrogen-bond acceptors (Lipinski definition) is 4. The Kier molecular flexibility index (Phi) is 4.28. The Morgan fingerprint density at radius 3 is 3.00 bits per heavy atom. The van der Waals surface area contributed by atoms with E-state index in [1.807, 2.05) is 0 Å². The molecule has 1 heterocycles. The molecule has 0 amide bonds. The molecule has 0 aromatic carbocycles. The summed E-state index contributed by atoms with van der Waals surface area (Å²) in [4.78, 5) is 18.8. The lowest BCUT2D eigenvalue weighted by atomic mass is 10.3. The number of carboxylic acids is 1. The number of hydrogen-bond donors (Lipinski definition) is 2. The minimum absolute atomic E-state index is 0.0788. The van der Waals surface area contributed by atoms with Gasteiger partial charge in [-0.1, -0.05) is 0 Å². The third-order valence-corrected chi connectivity index (χ3v) is 1.86. The lowest BCUT2D eigenvalue weighted by Crippen LogP contribution is -2.11. The normalized spacial score (nSPS) is 9.12. The Morgan fingerprint density at radius 2 is 2.38 bits per heavy atom. The average Bonchev–Trinajstić information content (AvgIpc) is 2.24. The molecule has 0 saturated heterocycles. The van der Waals surface area contributed by atoms with Gasteiger partial charge < -0.3 is 10.4 Å². The highest BCUT2D eigenvalue weighted by atomic mass is 16.4. The average molecular weight is 219 g/mol. The molecule has 0 unspecified atom stereocenters.